The number of amides is 3. The van der Waals surface area contributed by atoms with Gasteiger partial charge in [0.15, 0.2) is 12.1 Å². The topological polar surface area (TPSA) is 97.0 Å². The second-order valence-corrected chi connectivity index (χ2v) is 8.61. The van der Waals surface area contributed by atoms with Crippen molar-refractivity contribution in [1.82, 2.24) is 10.2 Å². The third-order valence-corrected chi connectivity index (χ3v) is 5.98. The van der Waals surface area contributed by atoms with Crippen molar-refractivity contribution in [2.75, 3.05) is 19.0 Å². The number of anilines is 1. The Kier molecular flexibility index (Phi) is 7.97. The van der Waals surface area contributed by atoms with E-state index in [1.54, 1.807) is 24.3 Å². The minimum Gasteiger partial charge on any atom is -0.438 e. The summed E-state index contributed by atoms with van der Waals surface area (Å²) in [5, 5.41) is 5.79. The molecule has 8 nitrogen and oxygen atoms in total. The Hall–Kier alpha value is -4.17. The maximum Gasteiger partial charge on any atom is 0.411 e. The molecule has 0 bridgehead atoms. The zero-order valence-corrected chi connectivity index (χ0v) is 20.2. The molecule has 3 unspecified atom stereocenters. The van der Waals surface area contributed by atoms with Gasteiger partial charge >= 0.3 is 6.09 Å². The molecule has 2 N–H and O–H groups in total. The van der Waals surface area contributed by atoms with E-state index in [2.05, 4.69) is 10.6 Å². The lowest BCUT2D eigenvalue weighted by atomic mass is 9.99. The van der Waals surface area contributed by atoms with Crippen molar-refractivity contribution in [3.05, 3.63) is 102 Å². The molecule has 0 radical (unpaired) electrons. The Morgan fingerprint density at radius 3 is 2.39 bits per heavy atom. The molecule has 1 fully saturated rings. The van der Waals surface area contributed by atoms with Crippen LogP contribution in [0.15, 0.2) is 84.9 Å². The number of benzene rings is 3. The normalized spacial score (nSPS) is 17.8. The van der Waals surface area contributed by atoms with Gasteiger partial charge in [0.05, 0.1) is 12.6 Å². The summed E-state index contributed by atoms with van der Waals surface area (Å²) in [5.41, 5.74) is 2.94. The third-order valence-electron chi connectivity index (χ3n) is 5.98. The Balaban J connectivity index is 1.62. The molecule has 0 saturated carbocycles. The molecule has 3 amide bonds. The monoisotopic (exact) mass is 487 g/mol. The molecule has 3 atom stereocenters. The Morgan fingerprint density at radius 2 is 1.69 bits per heavy atom. The van der Waals surface area contributed by atoms with Crippen LogP contribution in [-0.2, 0) is 25.6 Å². The number of nitrogens with one attached hydrogen (secondary N) is 2. The Labute approximate surface area is 210 Å². The van der Waals surface area contributed by atoms with Crippen LogP contribution >= 0.6 is 0 Å². The maximum atomic E-state index is 13.6. The highest BCUT2D eigenvalue weighted by atomic mass is 16.6. The number of ether oxygens (including phenoxy) is 2. The van der Waals surface area contributed by atoms with Gasteiger partial charge in [-0.1, -0.05) is 72.8 Å². The second kappa shape index (κ2) is 11.5. The lowest BCUT2D eigenvalue weighted by Crippen LogP contribution is -2.46. The van der Waals surface area contributed by atoms with Crippen molar-refractivity contribution in [3.8, 4) is 0 Å². The van der Waals surface area contributed by atoms with Crippen molar-refractivity contribution < 1.29 is 23.9 Å². The van der Waals surface area contributed by atoms with Gasteiger partial charge in [-0.15, -0.1) is 0 Å². The van der Waals surface area contributed by atoms with Crippen molar-refractivity contribution in [3.63, 3.8) is 0 Å². The first-order valence-electron chi connectivity index (χ1n) is 11.7. The first-order chi connectivity index (χ1) is 17.5. The van der Waals surface area contributed by atoms with E-state index in [0.717, 1.165) is 11.1 Å². The van der Waals surface area contributed by atoms with E-state index in [-0.39, 0.29) is 31.0 Å². The Morgan fingerprint density at radius 1 is 1.00 bits per heavy atom. The van der Waals surface area contributed by atoms with Crippen molar-refractivity contribution in [2.24, 2.45) is 0 Å². The molecule has 3 aromatic carbocycles. The van der Waals surface area contributed by atoms with Gasteiger partial charge in [-0.3, -0.25) is 14.5 Å². The molecule has 1 aliphatic heterocycles. The summed E-state index contributed by atoms with van der Waals surface area (Å²) in [4.78, 5) is 40.1. The molecule has 3 aromatic rings. The van der Waals surface area contributed by atoms with Crippen LogP contribution in [0.2, 0.25) is 0 Å². The first-order valence-corrected chi connectivity index (χ1v) is 11.7. The van der Waals surface area contributed by atoms with E-state index in [0.29, 0.717) is 11.3 Å². The minimum atomic E-state index is -0.909. The average molecular weight is 488 g/mol. The van der Waals surface area contributed by atoms with Crippen LogP contribution in [0.3, 0.4) is 0 Å². The van der Waals surface area contributed by atoms with Crippen molar-refractivity contribution >= 4 is 23.6 Å². The predicted molar refractivity (Wildman–Crippen MR) is 135 cm³/mol. The fourth-order valence-corrected chi connectivity index (χ4v) is 4.24. The van der Waals surface area contributed by atoms with Gasteiger partial charge in [0.2, 0.25) is 11.8 Å². The maximum absolute atomic E-state index is 13.6. The van der Waals surface area contributed by atoms with Gasteiger partial charge in [0, 0.05) is 12.8 Å². The number of nitrogens with zero attached hydrogens (tertiary/aromatic N) is 1. The number of cyclic esters (lactones) is 1. The van der Waals surface area contributed by atoms with E-state index in [9.17, 15) is 14.4 Å². The summed E-state index contributed by atoms with van der Waals surface area (Å²) in [6.45, 7) is 2.03. The molecular formula is C28H29N3O5. The third kappa shape index (κ3) is 5.90. The molecule has 4 rings (SSSR count). The van der Waals surface area contributed by atoms with Gasteiger partial charge in [-0.05, 0) is 35.7 Å². The Bertz CT molecular complexity index is 1200. The number of methoxy groups -OCH3 is 1. The number of carbonyl (C=O) groups excluding carboxylic acids is 3. The largest absolute Gasteiger partial charge is 0.438 e. The van der Waals surface area contributed by atoms with Crippen molar-refractivity contribution in [1.29, 1.82) is 0 Å². The summed E-state index contributed by atoms with van der Waals surface area (Å²) in [7, 11) is 1.44. The molecular weight excluding hydrogens is 458 g/mol. The SMILES string of the molecule is COCC(=O)Nc1cccc(C2OC(=O)N(Cc3ccccc3)C2C(=O)NC(C)c2ccccc2)c1. The summed E-state index contributed by atoms with van der Waals surface area (Å²) < 4.78 is 10.6. The number of carbonyl (C=O) groups is 3. The molecule has 0 aliphatic carbocycles. The van der Waals surface area contributed by atoms with Gasteiger partial charge in [0.1, 0.15) is 6.61 Å². The molecule has 1 heterocycles. The van der Waals surface area contributed by atoms with Gasteiger partial charge in [-0.25, -0.2) is 4.79 Å². The van der Waals surface area contributed by atoms with E-state index >= 15 is 0 Å². The van der Waals surface area contributed by atoms with E-state index in [1.807, 2.05) is 67.6 Å². The average Bonchev–Trinajstić information content (AvgIpc) is 3.21. The van der Waals surface area contributed by atoms with E-state index in [4.69, 9.17) is 9.47 Å². The number of hydrogen-bond donors (Lipinski definition) is 2. The number of rotatable bonds is 9. The zero-order chi connectivity index (χ0) is 25.5. The standard InChI is InChI=1S/C28H29N3O5/c1-19(21-12-7-4-8-13-21)29-27(33)25-26(22-14-9-15-23(16-22)30-24(32)18-35-2)36-28(34)31(25)17-20-10-5-3-6-11-20/h3-16,19,25-26H,17-18H2,1-2H3,(H,29,33)(H,30,32). The van der Waals surface area contributed by atoms with Gasteiger partial charge < -0.3 is 20.1 Å². The van der Waals surface area contributed by atoms with Gasteiger partial charge in [0.25, 0.3) is 0 Å². The van der Waals surface area contributed by atoms with Crippen LogP contribution in [0.5, 0.6) is 0 Å². The summed E-state index contributed by atoms with van der Waals surface area (Å²) >= 11 is 0. The fourth-order valence-electron chi connectivity index (χ4n) is 4.24. The summed E-state index contributed by atoms with van der Waals surface area (Å²) in [6, 6.07) is 24.8. The summed E-state index contributed by atoms with van der Waals surface area (Å²) in [5.74, 6) is -0.637. The molecule has 1 aliphatic rings. The highest BCUT2D eigenvalue weighted by Crippen LogP contribution is 2.35. The second-order valence-electron chi connectivity index (χ2n) is 8.61. The highest BCUT2D eigenvalue weighted by molar-refractivity contribution is 5.92. The van der Waals surface area contributed by atoms with Crippen LogP contribution < -0.4 is 10.6 Å². The van der Waals surface area contributed by atoms with Crippen LogP contribution in [0.1, 0.15) is 35.8 Å². The smallest absolute Gasteiger partial charge is 0.411 e. The first kappa shape index (κ1) is 24.9. The molecule has 0 spiro atoms. The van der Waals surface area contributed by atoms with Crippen LogP contribution in [0, 0.1) is 0 Å². The lowest BCUT2D eigenvalue weighted by molar-refractivity contribution is -0.127. The molecule has 36 heavy (non-hydrogen) atoms. The lowest BCUT2D eigenvalue weighted by Gasteiger charge is -2.26. The molecule has 0 aromatic heterocycles. The highest BCUT2D eigenvalue weighted by Gasteiger charge is 2.47. The predicted octanol–water partition coefficient (Wildman–Crippen LogP) is 4.21. The number of hydrogen-bond acceptors (Lipinski definition) is 5. The summed E-state index contributed by atoms with van der Waals surface area (Å²) in [6.07, 6.45) is -1.44. The van der Waals surface area contributed by atoms with E-state index in [1.165, 1.54) is 12.0 Å². The van der Waals surface area contributed by atoms with Crippen molar-refractivity contribution in [2.45, 2.75) is 31.7 Å². The molecule has 8 heteroatoms. The minimum absolute atomic E-state index is 0.0874. The van der Waals surface area contributed by atoms with E-state index < -0.39 is 18.2 Å². The molecule has 1 saturated heterocycles. The van der Waals surface area contributed by atoms with Gasteiger partial charge in [-0.2, -0.15) is 0 Å². The fraction of sp³-hybridized carbons (Fsp3) is 0.250. The zero-order valence-electron chi connectivity index (χ0n) is 20.2. The quantitative estimate of drug-likeness (QED) is 0.471. The van der Waals surface area contributed by atoms with Crippen LogP contribution in [-0.4, -0.2) is 42.6 Å². The van der Waals surface area contributed by atoms with Crippen LogP contribution in [0.4, 0.5) is 10.5 Å². The molecule has 186 valence electrons. The van der Waals surface area contributed by atoms with Crippen LogP contribution in [0.25, 0.3) is 0 Å².